The van der Waals surface area contributed by atoms with Gasteiger partial charge in [0.2, 0.25) is 0 Å². The summed E-state index contributed by atoms with van der Waals surface area (Å²) in [4.78, 5) is 2.30. The fraction of sp³-hybridized carbons (Fsp3) is 0. The molecule has 0 aliphatic carbocycles. The molecule has 0 saturated carbocycles. The number of benzene rings is 8. The number of hydrogen-bond donors (Lipinski definition) is 0. The van der Waals surface area contributed by atoms with Crippen molar-refractivity contribution in [2.75, 3.05) is 4.90 Å². The summed E-state index contributed by atoms with van der Waals surface area (Å²) in [6, 6.07) is 62.0. The molecule has 0 fully saturated rings. The van der Waals surface area contributed by atoms with Crippen molar-refractivity contribution in [1.29, 1.82) is 0 Å². The lowest BCUT2D eigenvalue weighted by Crippen LogP contribution is -2.09. The van der Waals surface area contributed by atoms with Gasteiger partial charge in [-0.25, -0.2) is 0 Å². The summed E-state index contributed by atoms with van der Waals surface area (Å²) < 4.78 is 13.0. The predicted octanol–water partition coefficient (Wildman–Crippen LogP) is 13.4. The van der Waals surface area contributed by atoms with Gasteiger partial charge in [0.05, 0.1) is 0 Å². The van der Waals surface area contributed by atoms with Crippen molar-refractivity contribution in [1.82, 2.24) is 0 Å². The Labute approximate surface area is 282 Å². The molecule has 49 heavy (non-hydrogen) atoms. The topological polar surface area (TPSA) is 29.5 Å². The molecule has 0 amide bonds. The molecule has 0 saturated heterocycles. The summed E-state index contributed by atoms with van der Waals surface area (Å²) in [5.41, 5.74) is 11.4. The summed E-state index contributed by atoms with van der Waals surface area (Å²) >= 11 is 0. The molecular weight excluding hydrogens is 599 g/mol. The highest BCUT2D eigenvalue weighted by Crippen LogP contribution is 2.44. The van der Waals surface area contributed by atoms with Gasteiger partial charge in [0.1, 0.15) is 22.3 Å². The van der Waals surface area contributed by atoms with Crippen molar-refractivity contribution in [2.45, 2.75) is 0 Å². The summed E-state index contributed by atoms with van der Waals surface area (Å²) in [6.07, 6.45) is 0. The maximum atomic E-state index is 6.63. The van der Waals surface area contributed by atoms with Crippen LogP contribution in [0.2, 0.25) is 0 Å². The quantitative estimate of drug-likeness (QED) is 0.190. The molecule has 0 atom stereocenters. The molecule has 230 valence electrons. The Kier molecular flexibility index (Phi) is 6.18. The molecule has 10 aromatic rings. The first kappa shape index (κ1) is 27.5. The zero-order valence-corrected chi connectivity index (χ0v) is 26.5. The van der Waals surface area contributed by atoms with Crippen LogP contribution < -0.4 is 4.90 Å². The average molecular weight is 628 g/mol. The standard InChI is InChI=1S/C46H29NO2/c1-3-11-30(12-4-1)31-19-21-33(22-20-31)47(35-23-25-38-37-16-9-10-18-43(37)48-45(38)28-35)34-24-26-44-41(27-34)42-29-40(32-13-5-2-6-14-32)36-15-7-8-17-39(36)46(42)49-44/h1-29H. The van der Waals surface area contributed by atoms with E-state index in [2.05, 4.69) is 169 Å². The molecule has 0 N–H and O–H groups in total. The van der Waals surface area contributed by atoms with Crippen LogP contribution in [0.4, 0.5) is 17.1 Å². The third-order valence-electron chi connectivity index (χ3n) is 9.66. The largest absolute Gasteiger partial charge is 0.456 e. The second-order valence-corrected chi connectivity index (χ2v) is 12.5. The first-order valence-electron chi connectivity index (χ1n) is 16.6. The molecule has 0 unspecified atom stereocenters. The number of furan rings is 2. The van der Waals surface area contributed by atoms with Gasteiger partial charge in [0.15, 0.2) is 0 Å². The third-order valence-corrected chi connectivity index (χ3v) is 9.66. The van der Waals surface area contributed by atoms with E-state index in [1.807, 2.05) is 12.1 Å². The van der Waals surface area contributed by atoms with Gasteiger partial charge in [0, 0.05) is 50.1 Å². The minimum absolute atomic E-state index is 0.860. The van der Waals surface area contributed by atoms with Crippen molar-refractivity contribution in [2.24, 2.45) is 0 Å². The molecule has 2 aromatic heterocycles. The van der Waals surface area contributed by atoms with Crippen LogP contribution in [0.5, 0.6) is 0 Å². The van der Waals surface area contributed by atoms with E-state index in [1.165, 1.54) is 27.6 Å². The molecule has 0 aliphatic heterocycles. The van der Waals surface area contributed by atoms with Crippen molar-refractivity contribution in [3.63, 3.8) is 0 Å². The highest BCUT2D eigenvalue weighted by Gasteiger charge is 2.19. The van der Waals surface area contributed by atoms with Crippen LogP contribution in [0.1, 0.15) is 0 Å². The van der Waals surface area contributed by atoms with E-state index in [1.54, 1.807) is 0 Å². The molecule has 8 aromatic carbocycles. The van der Waals surface area contributed by atoms with Gasteiger partial charge >= 0.3 is 0 Å². The molecule has 2 heterocycles. The van der Waals surface area contributed by atoms with Gasteiger partial charge < -0.3 is 13.7 Å². The Balaban J connectivity index is 1.19. The van der Waals surface area contributed by atoms with E-state index in [0.717, 1.165) is 66.3 Å². The minimum atomic E-state index is 0.860. The van der Waals surface area contributed by atoms with E-state index in [0.29, 0.717) is 0 Å². The van der Waals surface area contributed by atoms with Gasteiger partial charge in [-0.2, -0.15) is 0 Å². The molecule has 0 radical (unpaired) electrons. The molecule has 0 bridgehead atoms. The van der Waals surface area contributed by atoms with Crippen molar-refractivity contribution >= 4 is 71.7 Å². The second kappa shape index (κ2) is 11.0. The SMILES string of the molecule is c1ccc(-c2ccc(N(c3ccc4c(c3)oc3ccccc34)c3ccc4oc5c6ccccc6c(-c6ccccc6)cc5c4c3)cc2)cc1. The van der Waals surface area contributed by atoms with Crippen LogP contribution in [0.25, 0.3) is 76.9 Å². The third kappa shape index (κ3) is 4.51. The van der Waals surface area contributed by atoms with E-state index in [-0.39, 0.29) is 0 Å². The van der Waals surface area contributed by atoms with E-state index in [9.17, 15) is 0 Å². The molecule has 10 rings (SSSR count). The van der Waals surface area contributed by atoms with Gasteiger partial charge in [-0.15, -0.1) is 0 Å². The number of rotatable bonds is 5. The highest BCUT2D eigenvalue weighted by molar-refractivity contribution is 6.19. The highest BCUT2D eigenvalue weighted by atomic mass is 16.3. The predicted molar refractivity (Wildman–Crippen MR) is 204 cm³/mol. The minimum Gasteiger partial charge on any atom is -0.456 e. The van der Waals surface area contributed by atoms with Gasteiger partial charge in [-0.3, -0.25) is 0 Å². The van der Waals surface area contributed by atoms with Crippen LogP contribution in [-0.4, -0.2) is 0 Å². The summed E-state index contributed by atoms with van der Waals surface area (Å²) in [5.74, 6) is 0. The van der Waals surface area contributed by atoms with E-state index in [4.69, 9.17) is 8.83 Å². The smallest absolute Gasteiger partial charge is 0.143 e. The van der Waals surface area contributed by atoms with Crippen molar-refractivity contribution < 1.29 is 8.83 Å². The Morgan fingerprint density at radius 2 is 0.878 bits per heavy atom. The number of hydrogen-bond acceptors (Lipinski definition) is 3. The number of fused-ring (bicyclic) bond motifs is 8. The molecule has 0 spiro atoms. The maximum absolute atomic E-state index is 6.63. The number of para-hydroxylation sites is 1. The monoisotopic (exact) mass is 627 g/mol. The maximum Gasteiger partial charge on any atom is 0.143 e. The zero-order chi connectivity index (χ0) is 32.3. The van der Waals surface area contributed by atoms with Crippen LogP contribution in [0.15, 0.2) is 185 Å². The Bertz CT molecular complexity index is 2810. The Morgan fingerprint density at radius 1 is 0.306 bits per heavy atom. The first-order valence-corrected chi connectivity index (χ1v) is 16.6. The van der Waals surface area contributed by atoms with Gasteiger partial charge in [0.25, 0.3) is 0 Å². The lowest BCUT2D eigenvalue weighted by Gasteiger charge is -2.25. The molecule has 3 heteroatoms. The Hall–Kier alpha value is -6.58. The summed E-state index contributed by atoms with van der Waals surface area (Å²) in [5, 5.41) is 6.69. The fourth-order valence-electron chi connectivity index (χ4n) is 7.32. The fourth-order valence-corrected chi connectivity index (χ4v) is 7.32. The van der Waals surface area contributed by atoms with Crippen LogP contribution >= 0.6 is 0 Å². The van der Waals surface area contributed by atoms with E-state index < -0.39 is 0 Å². The van der Waals surface area contributed by atoms with Crippen LogP contribution in [-0.2, 0) is 0 Å². The van der Waals surface area contributed by atoms with Crippen LogP contribution in [0.3, 0.4) is 0 Å². The first-order chi connectivity index (χ1) is 24.3. The zero-order valence-electron chi connectivity index (χ0n) is 26.5. The molecular formula is C46H29NO2. The second-order valence-electron chi connectivity index (χ2n) is 12.5. The lowest BCUT2D eigenvalue weighted by atomic mass is 9.95. The van der Waals surface area contributed by atoms with Gasteiger partial charge in [-0.05, 0) is 82.2 Å². The van der Waals surface area contributed by atoms with Crippen LogP contribution in [0, 0.1) is 0 Å². The van der Waals surface area contributed by atoms with Crippen molar-refractivity contribution in [3.8, 4) is 22.3 Å². The normalized spacial score (nSPS) is 11.7. The average Bonchev–Trinajstić information content (AvgIpc) is 3.73. The lowest BCUT2D eigenvalue weighted by molar-refractivity contribution is 0.669. The van der Waals surface area contributed by atoms with E-state index >= 15 is 0 Å². The number of nitrogens with zero attached hydrogens (tertiary/aromatic N) is 1. The summed E-state index contributed by atoms with van der Waals surface area (Å²) in [7, 11) is 0. The molecule has 3 nitrogen and oxygen atoms in total. The summed E-state index contributed by atoms with van der Waals surface area (Å²) in [6.45, 7) is 0. The molecule has 0 aliphatic rings. The van der Waals surface area contributed by atoms with Gasteiger partial charge in [-0.1, -0.05) is 115 Å². The number of anilines is 3. The van der Waals surface area contributed by atoms with Crippen molar-refractivity contribution in [3.05, 3.63) is 176 Å². The Morgan fingerprint density at radius 3 is 1.67 bits per heavy atom.